The summed E-state index contributed by atoms with van der Waals surface area (Å²) in [6, 6.07) is 15.4. The van der Waals surface area contributed by atoms with Crippen LogP contribution in [0.25, 0.3) is 10.9 Å². The molecule has 0 aliphatic carbocycles. The number of primary amides is 1. The summed E-state index contributed by atoms with van der Waals surface area (Å²) in [6.07, 6.45) is 6.34. The fraction of sp³-hybridized carbons (Fsp3) is 0.367. The SMILES string of the molecule is C=N/C=C\C(CCl)c1c[nH]c2ccccc12.CC.CC(C)(C)OC(N)=O.CCCC(=O)Nc1cccc(N)c1. The number of nitrogens with one attached hydrogen (secondary N) is 2. The van der Waals surface area contributed by atoms with Gasteiger partial charge in [0.2, 0.25) is 5.91 Å². The van der Waals surface area contributed by atoms with Gasteiger partial charge in [0.05, 0.1) is 0 Å². The molecule has 1 unspecified atom stereocenters. The number of carbonyl (C=O) groups excluding carboxylic acids is 2. The van der Waals surface area contributed by atoms with Gasteiger partial charge in [-0.15, -0.1) is 11.6 Å². The number of para-hydroxylation sites is 1. The van der Waals surface area contributed by atoms with Crippen LogP contribution >= 0.6 is 11.6 Å². The monoisotopic (exact) mass is 557 g/mol. The molecule has 0 radical (unpaired) electrons. The molecule has 3 rings (SSSR count). The quantitative estimate of drug-likeness (QED) is 0.135. The topological polar surface area (TPSA) is 136 Å². The molecule has 39 heavy (non-hydrogen) atoms. The Morgan fingerprint density at radius 1 is 1.18 bits per heavy atom. The average molecular weight is 558 g/mol. The molecule has 1 heterocycles. The van der Waals surface area contributed by atoms with Crippen LogP contribution in [0.4, 0.5) is 16.2 Å². The molecule has 214 valence electrons. The Morgan fingerprint density at radius 2 is 1.85 bits per heavy atom. The number of hydrogen-bond acceptors (Lipinski definition) is 5. The van der Waals surface area contributed by atoms with Gasteiger partial charge in [0.15, 0.2) is 0 Å². The fourth-order valence-electron chi connectivity index (χ4n) is 3.17. The highest BCUT2D eigenvalue weighted by Crippen LogP contribution is 2.27. The molecule has 2 aromatic carbocycles. The van der Waals surface area contributed by atoms with Gasteiger partial charge >= 0.3 is 6.09 Å². The maximum absolute atomic E-state index is 11.2. The number of ether oxygens (including phenoxy) is 1. The predicted octanol–water partition coefficient (Wildman–Crippen LogP) is 7.62. The Bertz CT molecular complexity index is 1170. The third kappa shape index (κ3) is 15.3. The second-order valence-corrected chi connectivity index (χ2v) is 9.34. The molecule has 1 aromatic heterocycles. The standard InChI is InChI=1S/C13H13ClN2.C10H14N2O.C5H11NO2.C2H6/c1-15-7-6-10(8-14)12-9-16-13-5-3-2-4-11(12)13;1-2-4-10(13)12-9-6-3-5-8(11)7-9;1-5(2,3)8-4(6)7;1-2/h2-7,9-10,16H,1,8H2;3,5-7H,2,4,11H2,1H3,(H,12,13);1-3H3,(H2,6,7);1-2H3/b7-6-;;;. The van der Waals surface area contributed by atoms with E-state index in [1.807, 2.05) is 57.3 Å². The van der Waals surface area contributed by atoms with Crippen LogP contribution in [0.1, 0.15) is 65.9 Å². The fourth-order valence-corrected chi connectivity index (χ4v) is 3.44. The first kappa shape index (κ1) is 35.2. The Balaban J connectivity index is 0.000000567. The van der Waals surface area contributed by atoms with Crippen LogP contribution < -0.4 is 16.8 Å². The summed E-state index contributed by atoms with van der Waals surface area (Å²) >= 11 is 5.97. The number of hydrogen-bond donors (Lipinski definition) is 4. The van der Waals surface area contributed by atoms with E-state index < -0.39 is 11.7 Å². The number of aliphatic imine (C=N–C) groups is 1. The predicted molar refractivity (Wildman–Crippen MR) is 167 cm³/mol. The van der Waals surface area contributed by atoms with E-state index in [0.717, 1.165) is 17.6 Å². The van der Waals surface area contributed by atoms with Crippen LogP contribution in [0.2, 0.25) is 0 Å². The van der Waals surface area contributed by atoms with Gasteiger partial charge in [-0.05, 0) is 63.7 Å². The molecule has 2 amide bonds. The number of nitrogen functional groups attached to an aromatic ring is 1. The molecule has 9 heteroatoms. The van der Waals surface area contributed by atoms with Gasteiger partial charge in [-0.3, -0.25) is 9.79 Å². The summed E-state index contributed by atoms with van der Waals surface area (Å²) in [5.74, 6) is 0.741. The average Bonchev–Trinajstić information content (AvgIpc) is 3.29. The van der Waals surface area contributed by atoms with Crippen molar-refractivity contribution in [3.05, 3.63) is 72.6 Å². The number of amides is 2. The van der Waals surface area contributed by atoms with E-state index in [2.05, 4.69) is 38.9 Å². The number of nitrogens with zero attached hydrogens (tertiary/aromatic N) is 1. The third-order valence-corrected chi connectivity index (χ3v) is 5.00. The van der Waals surface area contributed by atoms with Crippen molar-refractivity contribution in [1.82, 2.24) is 4.98 Å². The molecule has 0 saturated carbocycles. The van der Waals surface area contributed by atoms with Crippen molar-refractivity contribution in [2.45, 2.75) is 65.9 Å². The first-order valence-electron chi connectivity index (χ1n) is 12.9. The Labute approximate surface area is 237 Å². The zero-order chi connectivity index (χ0) is 29.8. The van der Waals surface area contributed by atoms with Crippen molar-refractivity contribution in [1.29, 1.82) is 0 Å². The number of halogens is 1. The lowest BCUT2D eigenvalue weighted by Crippen LogP contribution is -2.27. The van der Waals surface area contributed by atoms with Crippen molar-refractivity contribution in [2.24, 2.45) is 10.7 Å². The number of alkyl halides is 1. The highest BCUT2D eigenvalue weighted by molar-refractivity contribution is 6.18. The van der Waals surface area contributed by atoms with Crippen LogP contribution in [-0.2, 0) is 9.53 Å². The summed E-state index contributed by atoms with van der Waals surface area (Å²) in [4.78, 5) is 28.1. The number of H-pyrrole nitrogens is 1. The number of nitrogens with two attached hydrogens (primary N) is 2. The number of rotatable bonds is 7. The number of aromatic amines is 1. The van der Waals surface area contributed by atoms with Crippen molar-refractivity contribution in [3.8, 4) is 0 Å². The Kier molecular flexibility index (Phi) is 17.4. The largest absolute Gasteiger partial charge is 0.444 e. The number of anilines is 2. The van der Waals surface area contributed by atoms with Gasteiger partial charge in [-0.1, -0.05) is 51.1 Å². The second-order valence-electron chi connectivity index (χ2n) is 9.03. The molecular weight excluding hydrogens is 514 g/mol. The molecule has 6 N–H and O–H groups in total. The number of aromatic nitrogens is 1. The Hall–Kier alpha value is -3.78. The third-order valence-electron chi connectivity index (χ3n) is 4.66. The lowest BCUT2D eigenvalue weighted by atomic mass is 10.0. The molecule has 3 aromatic rings. The minimum atomic E-state index is -0.725. The van der Waals surface area contributed by atoms with Crippen LogP contribution in [-0.4, -0.2) is 35.2 Å². The highest BCUT2D eigenvalue weighted by Gasteiger charge is 2.13. The first-order valence-corrected chi connectivity index (χ1v) is 13.4. The van der Waals surface area contributed by atoms with Crippen molar-refractivity contribution in [3.63, 3.8) is 0 Å². The lowest BCUT2D eigenvalue weighted by molar-refractivity contribution is -0.116. The second kappa shape index (κ2) is 19.3. The van der Waals surface area contributed by atoms with Gasteiger partial charge in [0.1, 0.15) is 5.60 Å². The maximum Gasteiger partial charge on any atom is 0.405 e. The minimum Gasteiger partial charge on any atom is -0.444 e. The van der Waals surface area contributed by atoms with Crippen LogP contribution in [0.5, 0.6) is 0 Å². The normalized spacial score (nSPS) is 11.1. The maximum atomic E-state index is 11.2. The molecule has 0 bridgehead atoms. The number of fused-ring (bicyclic) bond motifs is 1. The molecule has 1 atom stereocenters. The number of benzene rings is 2. The molecule has 0 aliphatic rings. The molecule has 8 nitrogen and oxygen atoms in total. The summed E-state index contributed by atoms with van der Waals surface area (Å²) < 4.78 is 4.58. The van der Waals surface area contributed by atoms with Crippen LogP contribution in [0.15, 0.2) is 72.0 Å². The Morgan fingerprint density at radius 3 is 2.36 bits per heavy atom. The highest BCUT2D eigenvalue weighted by atomic mass is 35.5. The number of allylic oxidation sites excluding steroid dienone is 1. The van der Waals surface area contributed by atoms with E-state index in [9.17, 15) is 9.59 Å². The molecular formula is C30H44ClN5O3. The lowest BCUT2D eigenvalue weighted by Gasteiger charge is -2.16. The smallest absolute Gasteiger partial charge is 0.405 e. The van der Waals surface area contributed by atoms with Crippen molar-refractivity contribution in [2.75, 3.05) is 16.9 Å². The van der Waals surface area contributed by atoms with Gasteiger partial charge in [0.25, 0.3) is 0 Å². The summed E-state index contributed by atoms with van der Waals surface area (Å²) in [7, 11) is 0. The van der Waals surface area contributed by atoms with Gasteiger partial charge in [-0.2, -0.15) is 0 Å². The molecule has 0 saturated heterocycles. The number of carbonyl (C=O) groups is 2. The molecule has 0 aliphatic heterocycles. The van der Waals surface area contributed by atoms with E-state index in [1.54, 1.807) is 39.1 Å². The van der Waals surface area contributed by atoms with E-state index in [-0.39, 0.29) is 11.8 Å². The minimum absolute atomic E-state index is 0.0353. The summed E-state index contributed by atoms with van der Waals surface area (Å²) in [5.41, 5.74) is 13.6. The van der Waals surface area contributed by atoms with Crippen molar-refractivity contribution >= 4 is 52.6 Å². The summed E-state index contributed by atoms with van der Waals surface area (Å²) in [6.45, 7) is 14.7. The van der Waals surface area contributed by atoms with E-state index >= 15 is 0 Å². The summed E-state index contributed by atoms with van der Waals surface area (Å²) in [5, 5.41) is 3.97. The van der Waals surface area contributed by atoms with E-state index in [0.29, 0.717) is 18.0 Å². The van der Waals surface area contributed by atoms with Crippen molar-refractivity contribution < 1.29 is 14.3 Å². The van der Waals surface area contributed by atoms with Crippen LogP contribution in [0, 0.1) is 0 Å². The zero-order valence-electron chi connectivity index (χ0n) is 24.0. The van der Waals surface area contributed by atoms with Crippen LogP contribution in [0.3, 0.4) is 0 Å². The van der Waals surface area contributed by atoms with Gasteiger partial charge < -0.3 is 26.5 Å². The van der Waals surface area contributed by atoms with E-state index in [1.165, 1.54) is 10.9 Å². The molecule has 0 fully saturated rings. The van der Waals surface area contributed by atoms with Gasteiger partial charge in [0, 0.05) is 52.9 Å². The van der Waals surface area contributed by atoms with E-state index in [4.69, 9.17) is 23.1 Å². The molecule has 0 spiro atoms. The zero-order valence-corrected chi connectivity index (χ0v) is 24.7. The first-order chi connectivity index (χ1) is 18.5. The van der Waals surface area contributed by atoms with Gasteiger partial charge in [-0.25, -0.2) is 4.79 Å².